The maximum absolute atomic E-state index is 13.0. The fourth-order valence-corrected chi connectivity index (χ4v) is 4.50. The van der Waals surface area contributed by atoms with E-state index in [0.29, 0.717) is 36.1 Å². The second-order valence-corrected chi connectivity index (χ2v) is 7.67. The molecule has 0 unspecified atom stereocenters. The fraction of sp³-hybridized carbons (Fsp3) is 0.455. The van der Waals surface area contributed by atoms with Crippen LogP contribution < -0.4 is 4.74 Å². The minimum atomic E-state index is -0.0234. The van der Waals surface area contributed by atoms with Crippen LogP contribution in [0.2, 0.25) is 0 Å². The van der Waals surface area contributed by atoms with Gasteiger partial charge in [-0.2, -0.15) is 0 Å². The smallest absolute Gasteiger partial charge is 0.290 e. The Morgan fingerprint density at radius 1 is 1.14 bits per heavy atom. The summed E-state index contributed by atoms with van der Waals surface area (Å²) in [6.45, 7) is 3.98. The SMILES string of the molecule is COc1cccc(C(=O)N2CC[C@@H]3[C@H](CCCN3C(=O)c3occc3C)C2)c1. The molecular weight excluding hydrogens is 356 g/mol. The number of furan rings is 1. The van der Waals surface area contributed by atoms with Crippen LogP contribution in [0.5, 0.6) is 5.75 Å². The normalized spacial score (nSPS) is 21.9. The number of aryl methyl sites for hydroxylation is 1. The van der Waals surface area contributed by atoms with Gasteiger partial charge in [0.2, 0.25) is 0 Å². The van der Waals surface area contributed by atoms with Crippen molar-refractivity contribution >= 4 is 11.8 Å². The molecule has 0 spiro atoms. The summed E-state index contributed by atoms with van der Waals surface area (Å²) in [7, 11) is 1.60. The van der Waals surface area contributed by atoms with Crippen LogP contribution in [0, 0.1) is 12.8 Å². The molecule has 1 aromatic carbocycles. The highest BCUT2D eigenvalue weighted by molar-refractivity contribution is 5.95. The molecule has 0 N–H and O–H groups in total. The van der Waals surface area contributed by atoms with E-state index in [9.17, 15) is 9.59 Å². The number of ether oxygens (including phenoxy) is 1. The molecule has 2 saturated heterocycles. The molecular formula is C22H26N2O4. The first-order valence-electron chi connectivity index (χ1n) is 9.87. The number of likely N-dealkylation sites (tertiary alicyclic amines) is 2. The lowest BCUT2D eigenvalue weighted by atomic mass is 9.83. The molecule has 0 aliphatic carbocycles. The Morgan fingerprint density at radius 3 is 2.75 bits per heavy atom. The lowest BCUT2D eigenvalue weighted by Crippen LogP contribution is -2.56. The first kappa shape index (κ1) is 18.6. The second-order valence-electron chi connectivity index (χ2n) is 7.67. The lowest BCUT2D eigenvalue weighted by Gasteiger charge is -2.47. The number of benzene rings is 1. The van der Waals surface area contributed by atoms with Crippen LogP contribution in [0.25, 0.3) is 0 Å². The van der Waals surface area contributed by atoms with Gasteiger partial charge in [0.05, 0.1) is 13.4 Å². The molecule has 28 heavy (non-hydrogen) atoms. The zero-order valence-electron chi connectivity index (χ0n) is 16.4. The van der Waals surface area contributed by atoms with Crippen LogP contribution in [0.4, 0.5) is 0 Å². The predicted molar refractivity (Wildman–Crippen MR) is 105 cm³/mol. The third-order valence-corrected chi connectivity index (χ3v) is 5.99. The van der Waals surface area contributed by atoms with E-state index in [0.717, 1.165) is 31.4 Å². The molecule has 0 saturated carbocycles. The van der Waals surface area contributed by atoms with Crippen molar-refractivity contribution in [2.45, 2.75) is 32.2 Å². The first-order chi connectivity index (χ1) is 13.6. The average Bonchev–Trinajstić information content (AvgIpc) is 3.17. The van der Waals surface area contributed by atoms with Gasteiger partial charge in [-0.15, -0.1) is 0 Å². The number of carbonyl (C=O) groups excluding carboxylic acids is 2. The van der Waals surface area contributed by atoms with Crippen molar-refractivity contribution in [1.29, 1.82) is 0 Å². The largest absolute Gasteiger partial charge is 0.497 e. The van der Waals surface area contributed by atoms with E-state index in [1.807, 2.05) is 41.0 Å². The van der Waals surface area contributed by atoms with E-state index in [1.54, 1.807) is 19.4 Å². The molecule has 148 valence electrons. The zero-order chi connectivity index (χ0) is 19.7. The molecule has 6 nitrogen and oxygen atoms in total. The lowest BCUT2D eigenvalue weighted by molar-refractivity contribution is 0.0179. The average molecular weight is 382 g/mol. The third kappa shape index (κ3) is 3.39. The number of methoxy groups -OCH3 is 1. The second kappa shape index (κ2) is 7.70. The number of hydrogen-bond donors (Lipinski definition) is 0. The maximum Gasteiger partial charge on any atom is 0.290 e. The summed E-state index contributed by atoms with van der Waals surface area (Å²) in [6, 6.07) is 9.28. The van der Waals surface area contributed by atoms with Crippen LogP contribution in [0.15, 0.2) is 41.0 Å². The van der Waals surface area contributed by atoms with Gasteiger partial charge in [0, 0.05) is 36.8 Å². The van der Waals surface area contributed by atoms with E-state index in [1.165, 1.54) is 0 Å². The highest BCUT2D eigenvalue weighted by Gasteiger charge is 2.40. The molecule has 6 heteroatoms. The maximum atomic E-state index is 13.0. The minimum absolute atomic E-state index is 0.0234. The standard InChI is InChI=1S/C22H26N2O4/c1-15-9-12-28-20(15)22(26)24-10-4-6-17-14-23(11-8-19(17)24)21(25)16-5-3-7-18(13-16)27-2/h3,5,7,9,12-13,17,19H,4,6,8,10-11,14H2,1-2H3/t17-,19-/m1/s1. The Balaban J connectivity index is 1.48. The summed E-state index contributed by atoms with van der Waals surface area (Å²) < 4.78 is 10.7. The molecule has 2 aromatic rings. The monoisotopic (exact) mass is 382 g/mol. The number of fused-ring (bicyclic) bond motifs is 1. The number of piperidine rings is 2. The summed E-state index contributed by atoms with van der Waals surface area (Å²) in [5, 5.41) is 0. The summed E-state index contributed by atoms with van der Waals surface area (Å²) >= 11 is 0. The van der Waals surface area contributed by atoms with Crippen LogP contribution in [0.1, 0.15) is 45.7 Å². The summed E-state index contributed by atoms with van der Waals surface area (Å²) in [5.41, 5.74) is 1.52. The Hall–Kier alpha value is -2.76. The molecule has 2 amide bonds. The number of hydrogen-bond acceptors (Lipinski definition) is 4. The molecule has 2 aliphatic heterocycles. The van der Waals surface area contributed by atoms with Crippen LogP contribution in [-0.4, -0.2) is 54.4 Å². The van der Waals surface area contributed by atoms with Crippen LogP contribution in [0.3, 0.4) is 0 Å². The summed E-state index contributed by atoms with van der Waals surface area (Å²) in [6.07, 6.45) is 4.35. The topological polar surface area (TPSA) is 63.0 Å². The van der Waals surface area contributed by atoms with Gasteiger partial charge in [-0.25, -0.2) is 0 Å². The van der Waals surface area contributed by atoms with Gasteiger partial charge in [-0.3, -0.25) is 9.59 Å². The predicted octanol–water partition coefficient (Wildman–Crippen LogP) is 3.36. The van der Waals surface area contributed by atoms with E-state index in [-0.39, 0.29) is 17.9 Å². The summed E-state index contributed by atoms with van der Waals surface area (Å²) in [5.74, 6) is 1.43. The highest BCUT2D eigenvalue weighted by Crippen LogP contribution is 2.33. The van der Waals surface area contributed by atoms with Gasteiger partial charge in [0.1, 0.15) is 5.75 Å². The van der Waals surface area contributed by atoms with Crippen molar-refractivity contribution in [2.75, 3.05) is 26.7 Å². The number of amides is 2. The van der Waals surface area contributed by atoms with Gasteiger partial charge in [-0.05, 0) is 56.4 Å². The van der Waals surface area contributed by atoms with Gasteiger partial charge in [0.25, 0.3) is 11.8 Å². The molecule has 2 aliphatic rings. The number of carbonyl (C=O) groups is 2. The van der Waals surface area contributed by atoms with Crippen molar-refractivity contribution < 1.29 is 18.7 Å². The summed E-state index contributed by atoms with van der Waals surface area (Å²) in [4.78, 5) is 29.8. The molecule has 3 heterocycles. The minimum Gasteiger partial charge on any atom is -0.497 e. The Kier molecular flexibility index (Phi) is 5.11. The Labute approximate surface area is 165 Å². The van der Waals surface area contributed by atoms with Gasteiger partial charge >= 0.3 is 0 Å². The number of rotatable bonds is 3. The van der Waals surface area contributed by atoms with E-state index in [4.69, 9.17) is 9.15 Å². The van der Waals surface area contributed by atoms with Crippen molar-refractivity contribution in [2.24, 2.45) is 5.92 Å². The first-order valence-corrected chi connectivity index (χ1v) is 9.87. The van der Waals surface area contributed by atoms with Crippen molar-refractivity contribution in [3.8, 4) is 5.75 Å². The quantitative estimate of drug-likeness (QED) is 0.817. The molecule has 2 atom stereocenters. The number of nitrogens with zero attached hydrogens (tertiary/aromatic N) is 2. The molecule has 0 radical (unpaired) electrons. The zero-order valence-corrected chi connectivity index (χ0v) is 16.4. The Bertz CT molecular complexity index is 875. The van der Waals surface area contributed by atoms with Gasteiger partial charge in [-0.1, -0.05) is 6.07 Å². The van der Waals surface area contributed by atoms with Crippen molar-refractivity contribution in [1.82, 2.24) is 9.80 Å². The van der Waals surface area contributed by atoms with Crippen LogP contribution in [-0.2, 0) is 0 Å². The molecule has 1 aromatic heterocycles. The molecule has 4 rings (SSSR count). The van der Waals surface area contributed by atoms with E-state index >= 15 is 0 Å². The molecule has 2 fully saturated rings. The van der Waals surface area contributed by atoms with Crippen molar-refractivity contribution in [3.63, 3.8) is 0 Å². The Morgan fingerprint density at radius 2 is 2.00 bits per heavy atom. The van der Waals surface area contributed by atoms with E-state index < -0.39 is 0 Å². The van der Waals surface area contributed by atoms with Gasteiger partial charge < -0.3 is 19.0 Å². The van der Waals surface area contributed by atoms with E-state index in [2.05, 4.69) is 0 Å². The highest BCUT2D eigenvalue weighted by atomic mass is 16.5. The molecule has 0 bridgehead atoms. The van der Waals surface area contributed by atoms with Crippen LogP contribution >= 0.6 is 0 Å². The van der Waals surface area contributed by atoms with Crippen molar-refractivity contribution in [3.05, 3.63) is 53.5 Å². The fourth-order valence-electron chi connectivity index (χ4n) is 4.50. The third-order valence-electron chi connectivity index (χ3n) is 5.99. The van der Waals surface area contributed by atoms with Gasteiger partial charge in [0.15, 0.2) is 5.76 Å².